The molecule has 19 heavy (non-hydrogen) atoms. The zero-order chi connectivity index (χ0) is 14.3. The van der Waals surface area contributed by atoms with Crippen molar-refractivity contribution in [3.05, 3.63) is 0 Å². The first-order chi connectivity index (χ1) is 8.92. The number of amides is 1. The Morgan fingerprint density at radius 3 is 2.84 bits per heavy atom. The summed E-state index contributed by atoms with van der Waals surface area (Å²) in [5.74, 6) is 1.70. The Bertz CT molecular complexity index is 279. The minimum atomic E-state index is -0.402. The zero-order valence-electron chi connectivity index (χ0n) is 12.7. The van der Waals surface area contributed by atoms with Crippen molar-refractivity contribution >= 4 is 17.9 Å². The predicted octanol–water partition coefficient (Wildman–Crippen LogP) is 2.59. The molecule has 112 valence electrons. The molecule has 1 saturated heterocycles. The standard InChI is InChI=1S/C14H28N2O2S/c1-14(2,3)18-13(17)16-8-5-6-12(11-16)10-15-7-9-19-4/h12,15H,5-11H2,1-4H3. The Hall–Kier alpha value is -0.420. The fourth-order valence-electron chi connectivity index (χ4n) is 2.20. The summed E-state index contributed by atoms with van der Waals surface area (Å²) in [7, 11) is 0. The molecule has 1 heterocycles. The van der Waals surface area contributed by atoms with Crippen LogP contribution >= 0.6 is 11.8 Å². The first-order valence-electron chi connectivity index (χ1n) is 7.10. The molecule has 1 unspecified atom stereocenters. The lowest BCUT2D eigenvalue weighted by molar-refractivity contribution is 0.0167. The van der Waals surface area contributed by atoms with E-state index in [9.17, 15) is 4.79 Å². The van der Waals surface area contributed by atoms with Gasteiger partial charge in [0.15, 0.2) is 0 Å². The molecule has 1 amide bonds. The molecule has 1 fully saturated rings. The number of hydrogen-bond donors (Lipinski definition) is 1. The number of thioether (sulfide) groups is 1. The van der Waals surface area contributed by atoms with Crippen LogP contribution in [0.2, 0.25) is 0 Å². The lowest BCUT2D eigenvalue weighted by atomic mass is 9.98. The second-order valence-electron chi connectivity index (χ2n) is 6.13. The molecule has 0 aliphatic carbocycles. The average molecular weight is 288 g/mol. The largest absolute Gasteiger partial charge is 0.444 e. The fraction of sp³-hybridized carbons (Fsp3) is 0.929. The van der Waals surface area contributed by atoms with Crippen molar-refractivity contribution in [1.29, 1.82) is 0 Å². The van der Waals surface area contributed by atoms with Gasteiger partial charge in [-0.3, -0.25) is 0 Å². The molecule has 1 aliphatic rings. The molecule has 0 bridgehead atoms. The van der Waals surface area contributed by atoms with Gasteiger partial charge in [-0.2, -0.15) is 11.8 Å². The van der Waals surface area contributed by atoms with Crippen LogP contribution in [0.15, 0.2) is 0 Å². The SMILES string of the molecule is CSCCNCC1CCCN(C(=O)OC(C)(C)C)C1. The van der Waals surface area contributed by atoms with Crippen molar-refractivity contribution in [1.82, 2.24) is 10.2 Å². The Balaban J connectivity index is 2.31. The van der Waals surface area contributed by atoms with E-state index in [0.29, 0.717) is 5.92 Å². The van der Waals surface area contributed by atoms with Crippen molar-refractivity contribution in [3.63, 3.8) is 0 Å². The van der Waals surface area contributed by atoms with E-state index in [2.05, 4.69) is 11.6 Å². The van der Waals surface area contributed by atoms with Crippen LogP contribution in [0.3, 0.4) is 0 Å². The summed E-state index contributed by atoms with van der Waals surface area (Å²) in [4.78, 5) is 13.9. The third-order valence-electron chi connectivity index (χ3n) is 3.09. The Labute approximate surface area is 121 Å². The highest BCUT2D eigenvalue weighted by atomic mass is 32.2. The van der Waals surface area contributed by atoms with Gasteiger partial charge < -0.3 is 15.0 Å². The molecular formula is C14H28N2O2S. The number of carbonyl (C=O) groups excluding carboxylic acids is 1. The van der Waals surface area contributed by atoms with Crippen molar-refractivity contribution in [2.75, 3.05) is 38.2 Å². The number of nitrogens with zero attached hydrogens (tertiary/aromatic N) is 1. The van der Waals surface area contributed by atoms with E-state index in [-0.39, 0.29) is 6.09 Å². The maximum absolute atomic E-state index is 12.0. The average Bonchev–Trinajstić information content (AvgIpc) is 2.33. The van der Waals surface area contributed by atoms with E-state index in [1.54, 1.807) is 0 Å². The number of carbonyl (C=O) groups is 1. The molecule has 1 aliphatic heterocycles. The van der Waals surface area contributed by atoms with Crippen LogP contribution in [0.25, 0.3) is 0 Å². The summed E-state index contributed by atoms with van der Waals surface area (Å²) >= 11 is 1.85. The van der Waals surface area contributed by atoms with E-state index >= 15 is 0 Å². The number of piperidine rings is 1. The second-order valence-corrected chi connectivity index (χ2v) is 7.12. The maximum Gasteiger partial charge on any atom is 0.410 e. The van der Waals surface area contributed by atoms with Crippen LogP contribution in [-0.4, -0.2) is 54.8 Å². The van der Waals surface area contributed by atoms with Crippen LogP contribution in [0.5, 0.6) is 0 Å². The van der Waals surface area contributed by atoms with Gasteiger partial charge in [0.25, 0.3) is 0 Å². The molecule has 5 heteroatoms. The van der Waals surface area contributed by atoms with Crippen molar-refractivity contribution in [3.8, 4) is 0 Å². The number of ether oxygens (including phenoxy) is 1. The second kappa shape index (κ2) is 8.00. The first-order valence-corrected chi connectivity index (χ1v) is 8.49. The van der Waals surface area contributed by atoms with E-state index in [0.717, 1.165) is 38.4 Å². The maximum atomic E-state index is 12.0. The van der Waals surface area contributed by atoms with Crippen LogP contribution in [0.1, 0.15) is 33.6 Å². The molecule has 0 aromatic carbocycles. The highest BCUT2D eigenvalue weighted by molar-refractivity contribution is 7.98. The molecule has 0 aromatic heterocycles. The summed E-state index contributed by atoms with van der Waals surface area (Å²) in [6, 6.07) is 0. The minimum absolute atomic E-state index is 0.165. The summed E-state index contributed by atoms with van der Waals surface area (Å²) in [6.07, 6.45) is 4.23. The molecule has 1 N–H and O–H groups in total. The Kier molecular flexibility index (Phi) is 7.00. The van der Waals surface area contributed by atoms with Gasteiger partial charge in [0.2, 0.25) is 0 Å². The fourth-order valence-corrected chi connectivity index (χ4v) is 2.55. The van der Waals surface area contributed by atoms with Gasteiger partial charge in [-0.15, -0.1) is 0 Å². The third-order valence-corrected chi connectivity index (χ3v) is 3.70. The highest BCUT2D eigenvalue weighted by Gasteiger charge is 2.27. The molecule has 1 rings (SSSR count). The molecule has 0 saturated carbocycles. The molecule has 4 nitrogen and oxygen atoms in total. The summed E-state index contributed by atoms with van der Waals surface area (Å²) in [5.41, 5.74) is -0.402. The number of hydrogen-bond acceptors (Lipinski definition) is 4. The van der Waals surface area contributed by atoms with Gasteiger partial charge in [0.1, 0.15) is 5.60 Å². The van der Waals surface area contributed by atoms with E-state index < -0.39 is 5.60 Å². The lowest BCUT2D eigenvalue weighted by Crippen LogP contribution is -2.45. The minimum Gasteiger partial charge on any atom is -0.444 e. The highest BCUT2D eigenvalue weighted by Crippen LogP contribution is 2.18. The quantitative estimate of drug-likeness (QED) is 0.790. The van der Waals surface area contributed by atoms with E-state index in [1.807, 2.05) is 37.4 Å². The van der Waals surface area contributed by atoms with Gasteiger partial charge in [-0.05, 0) is 52.3 Å². The molecule has 1 atom stereocenters. The first kappa shape index (κ1) is 16.6. The summed E-state index contributed by atoms with van der Waals surface area (Å²) in [6.45, 7) is 9.43. The molecule has 0 aromatic rings. The number of likely N-dealkylation sites (tertiary alicyclic amines) is 1. The zero-order valence-corrected chi connectivity index (χ0v) is 13.5. The summed E-state index contributed by atoms with van der Waals surface area (Å²) < 4.78 is 5.43. The summed E-state index contributed by atoms with van der Waals surface area (Å²) in [5, 5.41) is 3.46. The van der Waals surface area contributed by atoms with Crippen LogP contribution in [0, 0.1) is 5.92 Å². The third kappa shape index (κ3) is 7.06. The van der Waals surface area contributed by atoms with Crippen LogP contribution in [-0.2, 0) is 4.74 Å². The smallest absolute Gasteiger partial charge is 0.410 e. The lowest BCUT2D eigenvalue weighted by Gasteiger charge is -2.34. The van der Waals surface area contributed by atoms with Gasteiger partial charge in [-0.1, -0.05) is 0 Å². The molecular weight excluding hydrogens is 260 g/mol. The predicted molar refractivity (Wildman–Crippen MR) is 81.8 cm³/mol. The van der Waals surface area contributed by atoms with Crippen molar-refractivity contribution < 1.29 is 9.53 Å². The van der Waals surface area contributed by atoms with E-state index in [4.69, 9.17) is 4.74 Å². The van der Waals surface area contributed by atoms with Crippen molar-refractivity contribution in [2.24, 2.45) is 5.92 Å². The number of nitrogens with one attached hydrogen (secondary N) is 1. The normalized spacial score (nSPS) is 20.4. The Morgan fingerprint density at radius 2 is 2.21 bits per heavy atom. The van der Waals surface area contributed by atoms with Gasteiger partial charge in [0.05, 0.1) is 0 Å². The molecule has 0 spiro atoms. The van der Waals surface area contributed by atoms with Gasteiger partial charge in [-0.25, -0.2) is 4.79 Å². The van der Waals surface area contributed by atoms with Gasteiger partial charge in [0, 0.05) is 25.4 Å². The Morgan fingerprint density at radius 1 is 1.47 bits per heavy atom. The monoisotopic (exact) mass is 288 g/mol. The van der Waals surface area contributed by atoms with Crippen LogP contribution < -0.4 is 5.32 Å². The van der Waals surface area contributed by atoms with Crippen molar-refractivity contribution in [2.45, 2.75) is 39.2 Å². The number of rotatable bonds is 5. The van der Waals surface area contributed by atoms with Gasteiger partial charge >= 0.3 is 6.09 Å². The molecule has 0 radical (unpaired) electrons. The van der Waals surface area contributed by atoms with E-state index in [1.165, 1.54) is 6.42 Å². The topological polar surface area (TPSA) is 41.6 Å². The van der Waals surface area contributed by atoms with Crippen LogP contribution in [0.4, 0.5) is 4.79 Å².